The van der Waals surface area contributed by atoms with Crippen LogP contribution in [0.1, 0.15) is 26.2 Å². The lowest BCUT2D eigenvalue weighted by atomic mass is 10.1. The maximum Gasteiger partial charge on any atom is 0.0277 e. The van der Waals surface area contributed by atoms with Crippen molar-refractivity contribution in [2.24, 2.45) is 0 Å². The zero-order valence-electron chi connectivity index (χ0n) is 6.11. The van der Waals surface area contributed by atoms with Crippen LogP contribution in [0.25, 0.3) is 0 Å². The third kappa shape index (κ3) is 1.55. The molecule has 0 aliphatic carbocycles. The van der Waals surface area contributed by atoms with Gasteiger partial charge in [-0.3, -0.25) is 0 Å². The fourth-order valence-corrected chi connectivity index (χ4v) is 1.28. The Labute approximate surface area is 57.1 Å². The summed E-state index contributed by atoms with van der Waals surface area (Å²) in [6, 6.07) is 0.634. The molecule has 0 aromatic heterocycles. The Balaban J connectivity index is 2.32. The van der Waals surface area contributed by atoms with E-state index in [4.69, 9.17) is 0 Å². The van der Waals surface area contributed by atoms with Gasteiger partial charge in [0.15, 0.2) is 0 Å². The SMILES string of the molecule is C=C(CC)[C@H]1CCCN1. The Bertz CT molecular complexity index is 101. The van der Waals surface area contributed by atoms with Crippen molar-refractivity contribution in [3.63, 3.8) is 0 Å². The zero-order chi connectivity index (χ0) is 6.69. The average Bonchev–Trinajstić information content (AvgIpc) is 2.37. The van der Waals surface area contributed by atoms with E-state index in [1.165, 1.54) is 25.0 Å². The predicted molar refractivity (Wildman–Crippen MR) is 40.5 cm³/mol. The lowest BCUT2D eigenvalue weighted by Crippen LogP contribution is -2.22. The van der Waals surface area contributed by atoms with Crippen molar-refractivity contribution >= 4 is 0 Å². The molecule has 52 valence electrons. The molecule has 0 aromatic carbocycles. The summed E-state index contributed by atoms with van der Waals surface area (Å²) in [7, 11) is 0. The fourth-order valence-electron chi connectivity index (χ4n) is 1.28. The van der Waals surface area contributed by atoms with Crippen LogP contribution < -0.4 is 5.32 Å². The number of nitrogens with one attached hydrogen (secondary N) is 1. The molecule has 0 radical (unpaired) electrons. The molecule has 0 amide bonds. The van der Waals surface area contributed by atoms with Crippen molar-refractivity contribution in [2.45, 2.75) is 32.2 Å². The monoisotopic (exact) mass is 125 g/mol. The average molecular weight is 125 g/mol. The molecule has 1 heteroatoms. The van der Waals surface area contributed by atoms with Gasteiger partial charge in [0.05, 0.1) is 0 Å². The first-order chi connectivity index (χ1) is 4.34. The maximum absolute atomic E-state index is 3.99. The highest BCUT2D eigenvalue weighted by Gasteiger charge is 2.14. The summed E-state index contributed by atoms with van der Waals surface area (Å²) in [5.41, 5.74) is 1.37. The van der Waals surface area contributed by atoms with Crippen molar-refractivity contribution < 1.29 is 0 Å². The second kappa shape index (κ2) is 3.02. The van der Waals surface area contributed by atoms with E-state index < -0.39 is 0 Å². The van der Waals surface area contributed by atoms with Gasteiger partial charge in [0.1, 0.15) is 0 Å². The molecule has 1 heterocycles. The summed E-state index contributed by atoms with van der Waals surface area (Å²) in [4.78, 5) is 0. The van der Waals surface area contributed by atoms with Gasteiger partial charge in [-0.1, -0.05) is 19.1 Å². The van der Waals surface area contributed by atoms with Gasteiger partial charge in [-0.25, -0.2) is 0 Å². The van der Waals surface area contributed by atoms with Crippen molar-refractivity contribution in [1.82, 2.24) is 5.32 Å². The van der Waals surface area contributed by atoms with Crippen LogP contribution in [0.3, 0.4) is 0 Å². The van der Waals surface area contributed by atoms with Crippen LogP contribution in [0.2, 0.25) is 0 Å². The Kier molecular flexibility index (Phi) is 2.29. The Morgan fingerprint density at radius 1 is 1.78 bits per heavy atom. The minimum absolute atomic E-state index is 0.634. The molecule has 0 saturated carbocycles. The zero-order valence-corrected chi connectivity index (χ0v) is 6.11. The van der Waals surface area contributed by atoms with Gasteiger partial charge in [0.25, 0.3) is 0 Å². The summed E-state index contributed by atoms with van der Waals surface area (Å²) in [5, 5.41) is 3.41. The topological polar surface area (TPSA) is 12.0 Å². The van der Waals surface area contributed by atoms with E-state index in [1.807, 2.05) is 0 Å². The molecular weight excluding hydrogens is 110 g/mol. The van der Waals surface area contributed by atoms with E-state index in [2.05, 4.69) is 18.8 Å². The van der Waals surface area contributed by atoms with Gasteiger partial charge in [0, 0.05) is 6.04 Å². The molecule has 1 nitrogen and oxygen atoms in total. The molecule has 1 atom stereocenters. The van der Waals surface area contributed by atoms with Crippen LogP contribution in [0, 0.1) is 0 Å². The normalized spacial score (nSPS) is 26.6. The lowest BCUT2D eigenvalue weighted by molar-refractivity contribution is 0.671. The second-order valence-electron chi connectivity index (χ2n) is 2.66. The lowest BCUT2D eigenvalue weighted by Gasteiger charge is -2.10. The van der Waals surface area contributed by atoms with E-state index in [0.717, 1.165) is 6.42 Å². The van der Waals surface area contributed by atoms with Crippen molar-refractivity contribution in [1.29, 1.82) is 0 Å². The van der Waals surface area contributed by atoms with Gasteiger partial charge < -0.3 is 5.32 Å². The predicted octanol–water partition coefficient (Wildman–Crippen LogP) is 1.70. The van der Waals surface area contributed by atoms with Crippen LogP contribution >= 0.6 is 0 Å². The minimum Gasteiger partial charge on any atom is -0.310 e. The summed E-state index contributed by atoms with van der Waals surface area (Å²) >= 11 is 0. The third-order valence-corrected chi connectivity index (χ3v) is 2.01. The maximum atomic E-state index is 3.99. The van der Waals surface area contributed by atoms with Gasteiger partial charge in [-0.05, 0) is 25.8 Å². The number of hydrogen-bond acceptors (Lipinski definition) is 1. The van der Waals surface area contributed by atoms with Crippen LogP contribution in [-0.2, 0) is 0 Å². The number of hydrogen-bond donors (Lipinski definition) is 1. The molecule has 9 heavy (non-hydrogen) atoms. The second-order valence-corrected chi connectivity index (χ2v) is 2.66. The summed E-state index contributed by atoms with van der Waals surface area (Å²) < 4.78 is 0. The van der Waals surface area contributed by atoms with Crippen molar-refractivity contribution in [2.75, 3.05) is 6.54 Å². The van der Waals surface area contributed by atoms with E-state index in [-0.39, 0.29) is 0 Å². The summed E-state index contributed by atoms with van der Waals surface area (Å²) in [6.07, 6.45) is 3.74. The van der Waals surface area contributed by atoms with E-state index in [0.29, 0.717) is 6.04 Å². The number of rotatable bonds is 2. The quantitative estimate of drug-likeness (QED) is 0.554. The van der Waals surface area contributed by atoms with Gasteiger partial charge >= 0.3 is 0 Å². The molecule has 0 aromatic rings. The molecule has 1 N–H and O–H groups in total. The minimum atomic E-state index is 0.634. The van der Waals surface area contributed by atoms with Crippen LogP contribution in [0.15, 0.2) is 12.2 Å². The smallest absolute Gasteiger partial charge is 0.0277 e. The summed E-state index contributed by atoms with van der Waals surface area (Å²) in [6.45, 7) is 7.35. The Morgan fingerprint density at radius 3 is 3.00 bits per heavy atom. The summed E-state index contributed by atoms with van der Waals surface area (Å²) in [5.74, 6) is 0. The highest BCUT2D eigenvalue weighted by atomic mass is 14.9. The molecule has 1 aliphatic heterocycles. The third-order valence-electron chi connectivity index (χ3n) is 2.01. The first kappa shape index (κ1) is 6.81. The van der Waals surface area contributed by atoms with Gasteiger partial charge in [-0.2, -0.15) is 0 Å². The van der Waals surface area contributed by atoms with E-state index >= 15 is 0 Å². The highest BCUT2D eigenvalue weighted by Crippen LogP contribution is 2.14. The first-order valence-corrected chi connectivity index (χ1v) is 3.75. The Hall–Kier alpha value is -0.300. The fraction of sp³-hybridized carbons (Fsp3) is 0.750. The van der Waals surface area contributed by atoms with Crippen LogP contribution in [0.5, 0.6) is 0 Å². The van der Waals surface area contributed by atoms with Crippen LogP contribution in [0.4, 0.5) is 0 Å². The van der Waals surface area contributed by atoms with Crippen molar-refractivity contribution in [3.05, 3.63) is 12.2 Å². The van der Waals surface area contributed by atoms with E-state index in [1.54, 1.807) is 0 Å². The first-order valence-electron chi connectivity index (χ1n) is 3.75. The molecule has 1 aliphatic rings. The largest absolute Gasteiger partial charge is 0.310 e. The molecular formula is C8H15N. The van der Waals surface area contributed by atoms with Gasteiger partial charge in [-0.15, -0.1) is 0 Å². The van der Waals surface area contributed by atoms with E-state index in [9.17, 15) is 0 Å². The van der Waals surface area contributed by atoms with Crippen LogP contribution in [-0.4, -0.2) is 12.6 Å². The van der Waals surface area contributed by atoms with Gasteiger partial charge in [0.2, 0.25) is 0 Å². The molecule has 0 spiro atoms. The molecule has 0 unspecified atom stereocenters. The molecule has 1 rings (SSSR count). The molecule has 1 fully saturated rings. The molecule has 1 saturated heterocycles. The standard InChI is InChI=1S/C8H15N/c1-3-7(2)8-5-4-6-9-8/h8-9H,2-6H2,1H3/t8-/m1/s1. The van der Waals surface area contributed by atoms with Crippen molar-refractivity contribution in [3.8, 4) is 0 Å². The Morgan fingerprint density at radius 2 is 2.56 bits per heavy atom. The molecule has 0 bridgehead atoms. The highest BCUT2D eigenvalue weighted by molar-refractivity contribution is 5.06.